The van der Waals surface area contributed by atoms with Crippen molar-refractivity contribution in [3.05, 3.63) is 53.6 Å². The first-order valence-electron chi connectivity index (χ1n) is 10.2. The van der Waals surface area contributed by atoms with Crippen LogP contribution in [0.1, 0.15) is 32.3 Å². The van der Waals surface area contributed by atoms with Crippen molar-refractivity contribution in [3.8, 4) is 17.6 Å². The zero-order valence-electron chi connectivity index (χ0n) is 17.9. The van der Waals surface area contributed by atoms with Crippen molar-refractivity contribution in [2.45, 2.75) is 37.6 Å². The van der Waals surface area contributed by atoms with Gasteiger partial charge in [0.25, 0.3) is 0 Å². The topological polar surface area (TPSA) is 73.6 Å². The molecule has 1 aliphatic heterocycles. The van der Waals surface area contributed by atoms with Crippen molar-refractivity contribution in [1.29, 1.82) is 5.26 Å². The van der Waals surface area contributed by atoms with E-state index < -0.39 is 27.4 Å². The largest absolute Gasteiger partial charge is 0.453 e. The van der Waals surface area contributed by atoms with Crippen LogP contribution in [0.4, 0.5) is 8.78 Å². The molecule has 3 rings (SSSR count). The molecule has 0 aromatic heterocycles. The molecule has 10 heteroatoms. The molecule has 32 heavy (non-hydrogen) atoms. The first-order valence-corrected chi connectivity index (χ1v) is 11.6. The number of piperazine rings is 1. The number of ether oxygens (including phenoxy) is 1. The fourth-order valence-electron chi connectivity index (χ4n) is 3.79. The van der Waals surface area contributed by atoms with E-state index in [1.165, 1.54) is 22.5 Å². The molecule has 2 aromatic rings. The minimum absolute atomic E-state index is 0. The Morgan fingerprint density at radius 1 is 1.03 bits per heavy atom. The molecule has 2 aromatic carbocycles. The lowest BCUT2D eigenvalue weighted by atomic mass is 10.1. The van der Waals surface area contributed by atoms with E-state index in [9.17, 15) is 22.5 Å². The lowest BCUT2D eigenvalue weighted by Crippen LogP contribution is -2.51. The number of sulfonamides is 1. The summed E-state index contributed by atoms with van der Waals surface area (Å²) in [6.07, 6.45) is 1.98. The number of benzene rings is 2. The third-order valence-electron chi connectivity index (χ3n) is 5.54. The molecular weight excluding hydrogens is 460 g/mol. The zero-order chi connectivity index (χ0) is 22.6. The second-order valence-electron chi connectivity index (χ2n) is 7.36. The Kier molecular flexibility index (Phi) is 8.98. The van der Waals surface area contributed by atoms with E-state index in [0.717, 1.165) is 31.0 Å². The molecule has 6 nitrogen and oxygen atoms in total. The summed E-state index contributed by atoms with van der Waals surface area (Å²) in [5, 5.41) is 9.23. The fraction of sp³-hybridized carbons (Fsp3) is 0.409. The number of halogens is 3. The van der Waals surface area contributed by atoms with E-state index in [-0.39, 0.29) is 28.6 Å². The van der Waals surface area contributed by atoms with Crippen molar-refractivity contribution in [2.24, 2.45) is 0 Å². The molecule has 0 unspecified atom stereocenters. The quantitative estimate of drug-likeness (QED) is 0.575. The van der Waals surface area contributed by atoms with E-state index in [4.69, 9.17) is 4.74 Å². The fourth-order valence-corrected chi connectivity index (χ4v) is 5.35. The highest BCUT2D eigenvalue weighted by atomic mass is 35.5. The predicted molar refractivity (Wildman–Crippen MR) is 120 cm³/mol. The number of rotatable bonds is 7. The standard InChI is InChI=1S/C22H25F2N3O3S.ClH/c1-3-18(4-2)26-9-11-27(12-10-26)31(28,29)22-13-16(15-25)5-8-20(22)30-21-14-17(23)6-7-19(21)24;/h5-8,13-14,18H,3-4,9-12H2,1-2H3;1H. The highest BCUT2D eigenvalue weighted by Crippen LogP contribution is 2.33. The van der Waals surface area contributed by atoms with Gasteiger partial charge in [-0.2, -0.15) is 9.57 Å². The summed E-state index contributed by atoms with van der Waals surface area (Å²) in [6, 6.07) is 8.87. The van der Waals surface area contributed by atoms with Gasteiger partial charge in [-0.05, 0) is 43.2 Å². The number of nitrogens with zero attached hydrogens (tertiary/aromatic N) is 3. The number of hydrogen-bond donors (Lipinski definition) is 0. The minimum Gasteiger partial charge on any atom is -0.453 e. The summed E-state index contributed by atoms with van der Waals surface area (Å²) < 4.78 is 61.2. The van der Waals surface area contributed by atoms with Crippen LogP contribution in [-0.4, -0.2) is 49.8 Å². The van der Waals surface area contributed by atoms with Crippen LogP contribution in [0.2, 0.25) is 0 Å². The van der Waals surface area contributed by atoms with Gasteiger partial charge in [0.1, 0.15) is 16.5 Å². The smallest absolute Gasteiger partial charge is 0.246 e. The lowest BCUT2D eigenvalue weighted by Gasteiger charge is -2.38. The van der Waals surface area contributed by atoms with Crippen molar-refractivity contribution >= 4 is 22.4 Å². The Balaban J connectivity index is 0.00000363. The molecule has 0 bridgehead atoms. The lowest BCUT2D eigenvalue weighted by molar-refractivity contribution is 0.130. The van der Waals surface area contributed by atoms with Crippen molar-refractivity contribution in [1.82, 2.24) is 9.21 Å². The van der Waals surface area contributed by atoms with Gasteiger partial charge >= 0.3 is 0 Å². The van der Waals surface area contributed by atoms with Crippen LogP contribution in [0, 0.1) is 23.0 Å². The van der Waals surface area contributed by atoms with Gasteiger partial charge < -0.3 is 4.74 Å². The summed E-state index contributed by atoms with van der Waals surface area (Å²) >= 11 is 0. The average molecular weight is 486 g/mol. The molecule has 1 aliphatic rings. The molecule has 0 aliphatic carbocycles. The normalized spacial score (nSPS) is 15.2. The Morgan fingerprint density at radius 3 is 2.28 bits per heavy atom. The number of hydrogen-bond acceptors (Lipinski definition) is 5. The molecule has 1 saturated heterocycles. The maximum atomic E-state index is 14.1. The zero-order valence-corrected chi connectivity index (χ0v) is 19.6. The Hall–Kier alpha value is -2.25. The van der Waals surface area contributed by atoms with Gasteiger partial charge in [0.05, 0.1) is 11.6 Å². The average Bonchev–Trinajstić information content (AvgIpc) is 2.77. The Labute approximate surface area is 193 Å². The first kappa shape index (κ1) is 26.0. The number of nitriles is 1. The summed E-state index contributed by atoms with van der Waals surface area (Å²) in [4.78, 5) is 2.03. The van der Waals surface area contributed by atoms with Crippen LogP contribution >= 0.6 is 12.4 Å². The van der Waals surface area contributed by atoms with Crippen LogP contribution in [0.15, 0.2) is 41.3 Å². The molecule has 0 N–H and O–H groups in total. The maximum absolute atomic E-state index is 14.1. The first-order chi connectivity index (χ1) is 14.8. The second-order valence-corrected chi connectivity index (χ2v) is 9.27. The SMILES string of the molecule is CCC(CC)N1CCN(S(=O)(=O)c2cc(C#N)ccc2Oc2cc(F)ccc2F)CC1.Cl. The van der Waals surface area contributed by atoms with Crippen LogP contribution in [-0.2, 0) is 10.0 Å². The van der Waals surface area contributed by atoms with Crippen molar-refractivity contribution in [2.75, 3.05) is 26.2 Å². The third kappa shape index (κ3) is 5.56. The predicted octanol–water partition coefficient (Wildman–Crippen LogP) is 4.55. The third-order valence-corrected chi connectivity index (χ3v) is 7.46. The molecule has 174 valence electrons. The van der Waals surface area contributed by atoms with Gasteiger partial charge in [-0.15, -0.1) is 12.4 Å². The van der Waals surface area contributed by atoms with Gasteiger partial charge in [-0.25, -0.2) is 17.2 Å². The molecule has 1 fully saturated rings. The van der Waals surface area contributed by atoms with E-state index in [1.807, 2.05) is 6.07 Å². The van der Waals surface area contributed by atoms with Crippen LogP contribution in [0.25, 0.3) is 0 Å². The minimum atomic E-state index is -4.02. The summed E-state index contributed by atoms with van der Waals surface area (Å²) in [5.74, 6) is -2.13. The highest BCUT2D eigenvalue weighted by molar-refractivity contribution is 7.89. The molecule has 1 heterocycles. The highest BCUT2D eigenvalue weighted by Gasteiger charge is 2.33. The summed E-state index contributed by atoms with van der Waals surface area (Å²) in [5.41, 5.74) is 0.126. The molecular formula is C22H26ClF2N3O3S. The van der Waals surface area contributed by atoms with Gasteiger partial charge in [0.2, 0.25) is 10.0 Å². The van der Waals surface area contributed by atoms with Gasteiger partial charge in [0, 0.05) is 38.3 Å². The van der Waals surface area contributed by atoms with Gasteiger partial charge in [-0.3, -0.25) is 4.90 Å². The van der Waals surface area contributed by atoms with Crippen LogP contribution in [0.5, 0.6) is 11.5 Å². The second kappa shape index (κ2) is 11.1. The van der Waals surface area contributed by atoms with Crippen LogP contribution in [0.3, 0.4) is 0 Å². The Bertz CT molecular complexity index is 1080. The van der Waals surface area contributed by atoms with Crippen molar-refractivity contribution in [3.63, 3.8) is 0 Å². The molecule has 0 radical (unpaired) electrons. The summed E-state index contributed by atoms with van der Waals surface area (Å²) in [6.45, 7) is 6.00. The van der Waals surface area contributed by atoms with E-state index >= 15 is 0 Å². The van der Waals surface area contributed by atoms with E-state index in [2.05, 4.69) is 18.7 Å². The van der Waals surface area contributed by atoms with Crippen molar-refractivity contribution < 1.29 is 21.9 Å². The molecule has 0 spiro atoms. The molecule has 0 amide bonds. The maximum Gasteiger partial charge on any atom is 0.246 e. The van der Waals surface area contributed by atoms with Crippen LogP contribution < -0.4 is 4.74 Å². The summed E-state index contributed by atoms with van der Waals surface area (Å²) in [7, 11) is -4.02. The Morgan fingerprint density at radius 2 is 1.69 bits per heavy atom. The molecule has 0 atom stereocenters. The monoisotopic (exact) mass is 485 g/mol. The molecule has 0 saturated carbocycles. The van der Waals surface area contributed by atoms with E-state index in [0.29, 0.717) is 32.2 Å². The van der Waals surface area contributed by atoms with Gasteiger partial charge in [0.15, 0.2) is 11.6 Å². The van der Waals surface area contributed by atoms with E-state index in [1.54, 1.807) is 0 Å². The van der Waals surface area contributed by atoms with Gasteiger partial charge in [-0.1, -0.05) is 13.8 Å².